The molecule has 2 aromatic rings. The molecule has 1 heterocycles. The zero-order valence-corrected chi connectivity index (χ0v) is 10.6. The lowest BCUT2D eigenvalue weighted by Gasteiger charge is -2.07. The Balaban J connectivity index is 2.26. The van der Waals surface area contributed by atoms with Gasteiger partial charge in [-0.1, -0.05) is 60.7 Å². The van der Waals surface area contributed by atoms with Crippen LogP contribution in [0.1, 0.15) is 11.1 Å². The molecule has 0 saturated carbocycles. The number of hydrogen-bond donors (Lipinski definition) is 0. The van der Waals surface area contributed by atoms with Crippen molar-refractivity contribution >= 4 is 30.9 Å². The molecule has 1 aliphatic heterocycles. The highest BCUT2D eigenvalue weighted by atomic mass is 16.2. The molecule has 0 saturated heterocycles. The Morgan fingerprint density at radius 2 is 1.00 bits per heavy atom. The number of rotatable bonds is 2. The molecule has 4 heteroatoms. The van der Waals surface area contributed by atoms with Crippen molar-refractivity contribution in [1.82, 2.24) is 4.81 Å². The maximum absolute atomic E-state index is 12.2. The quantitative estimate of drug-likeness (QED) is 0.611. The molecule has 94 valence electrons. The van der Waals surface area contributed by atoms with Crippen LogP contribution in [0.2, 0.25) is 0 Å². The summed E-state index contributed by atoms with van der Waals surface area (Å²) < 4.78 is 0. The van der Waals surface area contributed by atoms with Gasteiger partial charge in [0.05, 0.1) is 11.1 Å². The minimum atomic E-state index is -0.472. The summed E-state index contributed by atoms with van der Waals surface area (Å²) in [6, 6.07) is 18.2. The summed E-state index contributed by atoms with van der Waals surface area (Å²) in [5, 5.41) is 0. The fourth-order valence-corrected chi connectivity index (χ4v) is 2.29. The summed E-state index contributed by atoms with van der Waals surface area (Å²) in [4.78, 5) is 25.1. The zero-order chi connectivity index (χ0) is 14.1. The van der Waals surface area contributed by atoms with Gasteiger partial charge in [0.2, 0.25) is 19.8 Å². The molecule has 2 amide bonds. The second kappa shape index (κ2) is 4.81. The second-order valence-electron chi connectivity index (χ2n) is 4.46. The minimum Gasteiger partial charge on any atom is -0.332 e. The van der Waals surface area contributed by atoms with Crippen LogP contribution in [-0.2, 0) is 9.59 Å². The molecular weight excluding hydrogens is 249 g/mol. The maximum Gasteiger partial charge on any atom is 0.249 e. The molecule has 0 N–H and O–H groups in total. The van der Waals surface area contributed by atoms with E-state index >= 15 is 0 Å². The van der Waals surface area contributed by atoms with Gasteiger partial charge in [0.25, 0.3) is 0 Å². The van der Waals surface area contributed by atoms with Crippen molar-refractivity contribution < 1.29 is 9.59 Å². The standard InChI is InChI=1S/C16H10BNO2/c17-18-15(19)13(11-7-3-1-4-8-11)14(16(18)20)12-9-5-2-6-10-12/h1-10H. The first-order valence-electron chi connectivity index (χ1n) is 6.19. The number of benzene rings is 2. The molecule has 3 nitrogen and oxygen atoms in total. The Kier molecular flexibility index (Phi) is 2.99. The first kappa shape index (κ1) is 12.4. The number of carbonyl (C=O) groups is 2. The van der Waals surface area contributed by atoms with Gasteiger partial charge in [0.15, 0.2) is 0 Å². The number of nitrogens with zero attached hydrogens (tertiary/aromatic N) is 1. The van der Waals surface area contributed by atoms with E-state index in [0.717, 1.165) is 0 Å². The molecule has 0 fully saturated rings. The van der Waals surface area contributed by atoms with E-state index in [1.807, 2.05) is 36.4 Å². The van der Waals surface area contributed by atoms with Crippen molar-refractivity contribution in [3.63, 3.8) is 0 Å². The number of imide groups is 1. The van der Waals surface area contributed by atoms with E-state index in [-0.39, 0.29) is 0 Å². The molecule has 0 unspecified atom stereocenters. The van der Waals surface area contributed by atoms with Crippen molar-refractivity contribution in [2.75, 3.05) is 0 Å². The highest BCUT2D eigenvalue weighted by Crippen LogP contribution is 2.34. The molecule has 1 aliphatic rings. The van der Waals surface area contributed by atoms with Crippen molar-refractivity contribution in [2.24, 2.45) is 0 Å². The predicted molar refractivity (Wildman–Crippen MR) is 77.3 cm³/mol. The molecule has 0 bridgehead atoms. The third-order valence-corrected chi connectivity index (χ3v) is 3.24. The van der Waals surface area contributed by atoms with E-state index in [1.165, 1.54) is 0 Å². The van der Waals surface area contributed by atoms with E-state index in [0.29, 0.717) is 27.1 Å². The summed E-state index contributed by atoms with van der Waals surface area (Å²) >= 11 is 0. The first-order chi connectivity index (χ1) is 9.70. The lowest BCUT2D eigenvalue weighted by molar-refractivity contribution is -0.130. The summed E-state index contributed by atoms with van der Waals surface area (Å²) in [7, 11) is 5.57. The van der Waals surface area contributed by atoms with Crippen LogP contribution in [0.25, 0.3) is 11.1 Å². The van der Waals surface area contributed by atoms with Crippen molar-refractivity contribution in [1.29, 1.82) is 0 Å². The summed E-state index contributed by atoms with van der Waals surface area (Å²) in [6.45, 7) is 0. The van der Waals surface area contributed by atoms with E-state index in [4.69, 9.17) is 7.98 Å². The Hall–Kier alpha value is -2.62. The molecular formula is C16H10BNO2. The van der Waals surface area contributed by atoms with Gasteiger partial charge in [-0.25, -0.2) is 0 Å². The van der Waals surface area contributed by atoms with Gasteiger partial charge >= 0.3 is 0 Å². The average molecular weight is 259 g/mol. The highest BCUT2D eigenvalue weighted by Gasteiger charge is 2.36. The number of hydrogen-bond acceptors (Lipinski definition) is 2. The average Bonchev–Trinajstić information content (AvgIpc) is 2.73. The topological polar surface area (TPSA) is 37.4 Å². The van der Waals surface area contributed by atoms with Gasteiger partial charge in [-0.3, -0.25) is 9.59 Å². The van der Waals surface area contributed by atoms with Crippen LogP contribution in [0.3, 0.4) is 0 Å². The minimum absolute atomic E-state index is 0.351. The van der Waals surface area contributed by atoms with Crippen LogP contribution in [-0.4, -0.2) is 24.6 Å². The Morgan fingerprint density at radius 1 is 0.650 bits per heavy atom. The fraction of sp³-hybridized carbons (Fsp3) is 0. The monoisotopic (exact) mass is 259 g/mol. The lowest BCUT2D eigenvalue weighted by Crippen LogP contribution is -2.28. The van der Waals surface area contributed by atoms with Crippen molar-refractivity contribution in [3.05, 3.63) is 71.8 Å². The van der Waals surface area contributed by atoms with E-state index in [1.54, 1.807) is 24.3 Å². The molecule has 3 rings (SSSR count). The smallest absolute Gasteiger partial charge is 0.249 e. The molecule has 2 radical (unpaired) electrons. The van der Waals surface area contributed by atoms with Crippen LogP contribution in [0.5, 0.6) is 0 Å². The van der Waals surface area contributed by atoms with Crippen LogP contribution >= 0.6 is 0 Å². The van der Waals surface area contributed by atoms with Crippen LogP contribution in [0.4, 0.5) is 0 Å². The van der Waals surface area contributed by atoms with Gasteiger partial charge in [0.1, 0.15) is 0 Å². The molecule has 0 aromatic heterocycles. The lowest BCUT2D eigenvalue weighted by atomic mass is 9.96. The molecule has 20 heavy (non-hydrogen) atoms. The van der Waals surface area contributed by atoms with Gasteiger partial charge in [-0.2, -0.15) is 0 Å². The normalized spacial score (nSPS) is 15.1. The summed E-state index contributed by atoms with van der Waals surface area (Å²) in [5.41, 5.74) is 2.09. The van der Waals surface area contributed by atoms with Gasteiger partial charge < -0.3 is 4.81 Å². The van der Waals surface area contributed by atoms with Gasteiger partial charge in [-0.05, 0) is 11.1 Å². The molecule has 0 atom stereocenters. The Bertz CT molecular complexity index is 646. The predicted octanol–water partition coefficient (Wildman–Crippen LogP) is 2.05. The second-order valence-corrected chi connectivity index (χ2v) is 4.46. The Labute approximate surface area is 118 Å². The van der Waals surface area contributed by atoms with Crippen LogP contribution < -0.4 is 0 Å². The number of carbonyl (C=O) groups excluding carboxylic acids is 2. The van der Waals surface area contributed by atoms with Crippen LogP contribution in [0, 0.1) is 0 Å². The summed E-state index contributed by atoms with van der Waals surface area (Å²) in [6.07, 6.45) is 0. The maximum atomic E-state index is 12.2. The largest absolute Gasteiger partial charge is 0.332 e. The van der Waals surface area contributed by atoms with Gasteiger partial charge in [0, 0.05) is 0 Å². The van der Waals surface area contributed by atoms with E-state index in [9.17, 15) is 9.59 Å². The third kappa shape index (κ3) is 1.86. The number of amides is 2. The van der Waals surface area contributed by atoms with Crippen LogP contribution in [0.15, 0.2) is 60.7 Å². The molecule has 2 aromatic carbocycles. The summed E-state index contributed by atoms with van der Waals surface area (Å²) in [5.74, 6) is -0.944. The highest BCUT2D eigenvalue weighted by molar-refractivity contribution is 6.55. The van der Waals surface area contributed by atoms with E-state index < -0.39 is 11.8 Å². The van der Waals surface area contributed by atoms with Crippen molar-refractivity contribution in [3.8, 4) is 0 Å². The van der Waals surface area contributed by atoms with Gasteiger partial charge in [-0.15, -0.1) is 0 Å². The fourth-order valence-electron chi connectivity index (χ4n) is 2.29. The van der Waals surface area contributed by atoms with Crippen molar-refractivity contribution in [2.45, 2.75) is 0 Å². The Morgan fingerprint density at radius 3 is 1.35 bits per heavy atom. The van der Waals surface area contributed by atoms with E-state index in [2.05, 4.69) is 0 Å². The molecule has 0 aliphatic carbocycles. The zero-order valence-electron chi connectivity index (χ0n) is 10.6. The molecule has 0 spiro atoms. The first-order valence-corrected chi connectivity index (χ1v) is 6.19. The third-order valence-electron chi connectivity index (χ3n) is 3.24. The SMILES string of the molecule is [B]N1C(=O)C(c2ccccc2)=C(c2ccccc2)C1=O.